The second-order valence-corrected chi connectivity index (χ2v) is 7.05. The van der Waals surface area contributed by atoms with Crippen LogP contribution in [0.4, 0.5) is 0 Å². The van der Waals surface area contributed by atoms with E-state index >= 15 is 0 Å². The Morgan fingerprint density at radius 3 is 2.95 bits per heavy atom. The third-order valence-corrected chi connectivity index (χ3v) is 5.70. The first-order valence-corrected chi connectivity index (χ1v) is 8.63. The topological polar surface area (TPSA) is 23.5 Å². The van der Waals surface area contributed by atoms with Crippen molar-refractivity contribution in [2.24, 2.45) is 11.8 Å². The molecule has 2 fully saturated rings. The molecule has 2 unspecified atom stereocenters. The summed E-state index contributed by atoms with van der Waals surface area (Å²) in [5.41, 5.74) is 1.11. The summed E-state index contributed by atoms with van der Waals surface area (Å²) in [5.74, 6) is 7.77. The number of thiophene rings is 1. The van der Waals surface area contributed by atoms with Gasteiger partial charge in [0.15, 0.2) is 0 Å². The first-order valence-electron chi connectivity index (χ1n) is 7.75. The summed E-state index contributed by atoms with van der Waals surface area (Å²) in [6.07, 6.45) is 7.16. The Labute approximate surface area is 125 Å². The molecule has 20 heavy (non-hydrogen) atoms. The van der Waals surface area contributed by atoms with Gasteiger partial charge < -0.3 is 5.11 Å². The van der Waals surface area contributed by atoms with Crippen LogP contribution in [0.2, 0.25) is 0 Å². The average molecular weight is 289 g/mol. The van der Waals surface area contributed by atoms with E-state index in [9.17, 15) is 0 Å². The molecular weight excluding hydrogens is 266 g/mol. The fraction of sp³-hybridized carbons (Fsp3) is 0.647. The molecule has 1 N–H and O–H groups in total. The highest BCUT2D eigenvalue weighted by atomic mass is 32.1. The summed E-state index contributed by atoms with van der Waals surface area (Å²) in [6.45, 7) is 3.50. The first-order chi connectivity index (χ1) is 9.86. The Balaban J connectivity index is 1.62. The van der Waals surface area contributed by atoms with E-state index in [2.05, 4.69) is 28.2 Å². The van der Waals surface area contributed by atoms with Gasteiger partial charge >= 0.3 is 0 Å². The van der Waals surface area contributed by atoms with E-state index in [-0.39, 0.29) is 6.61 Å². The first kappa shape index (κ1) is 14.1. The van der Waals surface area contributed by atoms with E-state index in [4.69, 9.17) is 5.11 Å². The second-order valence-electron chi connectivity index (χ2n) is 6.05. The van der Waals surface area contributed by atoms with Crippen molar-refractivity contribution >= 4 is 11.3 Å². The highest BCUT2D eigenvalue weighted by Gasteiger charge is 2.31. The maximum absolute atomic E-state index is 8.83. The molecule has 0 amide bonds. The van der Waals surface area contributed by atoms with E-state index in [0.717, 1.165) is 23.9 Å². The van der Waals surface area contributed by atoms with Gasteiger partial charge in [-0.25, -0.2) is 0 Å². The Hall–Kier alpha value is -0.820. The fourth-order valence-electron chi connectivity index (χ4n) is 3.73. The number of piperidine rings is 1. The summed E-state index contributed by atoms with van der Waals surface area (Å²) in [4.78, 5) is 3.97. The standard InChI is InChI=1S/C17H23NOS/c19-10-3-6-15-8-11-20-17(15)13-18-9-7-14-4-1-2-5-16(14)12-18/h8,11,14,16,19H,1-2,4-5,7,9-10,12-13H2. The van der Waals surface area contributed by atoms with Crippen molar-refractivity contribution in [3.8, 4) is 11.8 Å². The lowest BCUT2D eigenvalue weighted by atomic mass is 9.75. The highest BCUT2D eigenvalue weighted by Crippen LogP contribution is 2.36. The second kappa shape index (κ2) is 6.76. The minimum absolute atomic E-state index is 0.0528. The Bertz CT molecular complexity index is 499. The van der Waals surface area contributed by atoms with Gasteiger partial charge in [0.2, 0.25) is 0 Å². The summed E-state index contributed by atoms with van der Waals surface area (Å²) >= 11 is 1.80. The summed E-state index contributed by atoms with van der Waals surface area (Å²) in [5, 5.41) is 10.9. The number of hydrogen-bond donors (Lipinski definition) is 1. The van der Waals surface area contributed by atoms with Crippen LogP contribution in [-0.2, 0) is 6.54 Å². The molecule has 1 aliphatic heterocycles. The largest absolute Gasteiger partial charge is 0.384 e. The van der Waals surface area contributed by atoms with Crippen LogP contribution in [0.15, 0.2) is 11.4 Å². The van der Waals surface area contributed by atoms with Crippen molar-refractivity contribution in [1.82, 2.24) is 4.90 Å². The molecule has 2 nitrogen and oxygen atoms in total. The molecule has 108 valence electrons. The van der Waals surface area contributed by atoms with E-state index in [0.29, 0.717) is 0 Å². The third kappa shape index (κ3) is 3.25. The SMILES string of the molecule is OCC#Cc1ccsc1CN1CCC2CCCCC2C1. The molecule has 0 radical (unpaired) electrons. The summed E-state index contributed by atoms with van der Waals surface area (Å²) in [7, 11) is 0. The van der Waals surface area contributed by atoms with Crippen molar-refractivity contribution in [2.75, 3.05) is 19.7 Å². The maximum atomic E-state index is 8.83. The minimum atomic E-state index is -0.0528. The minimum Gasteiger partial charge on any atom is -0.384 e. The molecular formula is C17H23NOS. The van der Waals surface area contributed by atoms with Crippen LogP contribution >= 0.6 is 11.3 Å². The molecule has 3 heteroatoms. The van der Waals surface area contributed by atoms with Crippen LogP contribution in [0.3, 0.4) is 0 Å². The molecule has 2 atom stereocenters. The lowest BCUT2D eigenvalue weighted by molar-refractivity contribution is 0.0827. The van der Waals surface area contributed by atoms with Crippen LogP contribution < -0.4 is 0 Å². The predicted octanol–water partition coefficient (Wildman–Crippen LogP) is 3.10. The van der Waals surface area contributed by atoms with Gasteiger partial charge in [0, 0.05) is 23.5 Å². The zero-order chi connectivity index (χ0) is 13.8. The van der Waals surface area contributed by atoms with Gasteiger partial charge in [-0.2, -0.15) is 0 Å². The Morgan fingerprint density at radius 2 is 2.10 bits per heavy atom. The van der Waals surface area contributed by atoms with Crippen LogP contribution in [0.5, 0.6) is 0 Å². The molecule has 1 saturated heterocycles. The van der Waals surface area contributed by atoms with Gasteiger partial charge in [-0.05, 0) is 42.7 Å². The van der Waals surface area contributed by atoms with E-state index < -0.39 is 0 Å². The number of aliphatic hydroxyl groups excluding tert-OH is 1. The third-order valence-electron chi connectivity index (χ3n) is 4.79. The lowest BCUT2D eigenvalue weighted by Crippen LogP contribution is -2.41. The van der Waals surface area contributed by atoms with Gasteiger partial charge in [-0.15, -0.1) is 11.3 Å². The highest BCUT2D eigenvalue weighted by molar-refractivity contribution is 7.10. The van der Waals surface area contributed by atoms with Gasteiger partial charge in [-0.1, -0.05) is 31.1 Å². The quantitative estimate of drug-likeness (QED) is 0.846. The zero-order valence-corrected chi connectivity index (χ0v) is 12.8. The monoisotopic (exact) mass is 289 g/mol. The molecule has 0 spiro atoms. The number of hydrogen-bond acceptors (Lipinski definition) is 3. The Kier molecular flexibility index (Phi) is 4.77. The van der Waals surface area contributed by atoms with Crippen LogP contribution in [0, 0.1) is 23.7 Å². The molecule has 3 rings (SSSR count). The molecule has 0 aromatic carbocycles. The Morgan fingerprint density at radius 1 is 1.25 bits per heavy atom. The molecule has 1 aromatic heterocycles. The van der Waals surface area contributed by atoms with Crippen molar-refractivity contribution in [3.63, 3.8) is 0 Å². The summed E-state index contributed by atoms with van der Waals surface area (Å²) in [6, 6.07) is 2.08. The summed E-state index contributed by atoms with van der Waals surface area (Å²) < 4.78 is 0. The predicted molar refractivity (Wildman–Crippen MR) is 83.6 cm³/mol. The van der Waals surface area contributed by atoms with Gasteiger partial charge in [-0.3, -0.25) is 4.90 Å². The van der Waals surface area contributed by atoms with Crippen LogP contribution in [0.25, 0.3) is 0 Å². The molecule has 1 aromatic rings. The van der Waals surface area contributed by atoms with E-state index in [1.807, 2.05) is 0 Å². The number of rotatable bonds is 2. The van der Waals surface area contributed by atoms with Gasteiger partial charge in [0.1, 0.15) is 6.61 Å². The van der Waals surface area contributed by atoms with Crippen molar-refractivity contribution in [1.29, 1.82) is 0 Å². The fourth-order valence-corrected chi connectivity index (χ4v) is 4.60. The van der Waals surface area contributed by atoms with Gasteiger partial charge in [0.25, 0.3) is 0 Å². The number of nitrogens with zero attached hydrogens (tertiary/aromatic N) is 1. The van der Waals surface area contributed by atoms with E-state index in [1.54, 1.807) is 11.3 Å². The maximum Gasteiger partial charge on any atom is 0.104 e. The number of aliphatic hydroxyl groups is 1. The van der Waals surface area contributed by atoms with Crippen molar-refractivity contribution in [2.45, 2.75) is 38.6 Å². The molecule has 1 aliphatic carbocycles. The number of fused-ring (bicyclic) bond motifs is 1. The molecule has 2 aliphatic rings. The molecule has 0 bridgehead atoms. The van der Waals surface area contributed by atoms with Crippen LogP contribution in [-0.4, -0.2) is 29.7 Å². The molecule has 1 saturated carbocycles. The average Bonchev–Trinajstić information content (AvgIpc) is 2.92. The van der Waals surface area contributed by atoms with Gasteiger partial charge in [0.05, 0.1) is 0 Å². The zero-order valence-electron chi connectivity index (χ0n) is 12.0. The van der Waals surface area contributed by atoms with Crippen LogP contribution in [0.1, 0.15) is 42.5 Å². The molecule has 2 heterocycles. The smallest absolute Gasteiger partial charge is 0.104 e. The van der Waals surface area contributed by atoms with Crippen molar-refractivity contribution in [3.05, 3.63) is 21.9 Å². The normalized spacial score (nSPS) is 26.6. The number of likely N-dealkylation sites (tertiary alicyclic amines) is 1. The van der Waals surface area contributed by atoms with Crippen molar-refractivity contribution < 1.29 is 5.11 Å². The van der Waals surface area contributed by atoms with E-state index in [1.165, 1.54) is 50.1 Å². The lowest BCUT2D eigenvalue weighted by Gasteiger charge is -2.41.